The van der Waals surface area contributed by atoms with Crippen LogP contribution in [0.3, 0.4) is 0 Å². The molecule has 0 saturated carbocycles. The second-order valence-electron chi connectivity index (χ2n) is 13.5. The lowest BCUT2D eigenvalue weighted by Gasteiger charge is -2.24. The lowest BCUT2D eigenvalue weighted by Crippen LogP contribution is -2.01. The molecule has 0 atom stereocenters. The van der Waals surface area contributed by atoms with Gasteiger partial charge in [-0.05, 0) is 88.6 Å². The van der Waals surface area contributed by atoms with Gasteiger partial charge in [-0.15, -0.1) is 0 Å². The van der Waals surface area contributed by atoms with Crippen molar-refractivity contribution in [3.63, 3.8) is 0 Å². The van der Waals surface area contributed by atoms with E-state index in [1.807, 2.05) is 6.07 Å². The zero-order chi connectivity index (χ0) is 34.2. The molecule has 2 nitrogen and oxygen atoms in total. The zero-order valence-electron chi connectivity index (χ0n) is 28.1. The first-order chi connectivity index (χ1) is 25.8. The minimum atomic E-state index is 0.715. The molecule has 0 N–H and O–H groups in total. The predicted octanol–water partition coefficient (Wildman–Crippen LogP) is 14.4. The third-order valence-electron chi connectivity index (χ3n) is 10.7. The summed E-state index contributed by atoms with van der Waals surface area (Å²) in [5.41, 5.74) is 7.20. The Hall–Kier alpha value is -6.90. The van der Waals surface area contributed by atoms with Crippen LogP contribution >= 0.6 is 0 Å². The quantitative estimate of drug-likeness (QED) is 0.138. The van der Waals surface area contributed by atoms with Crippen LogP contribution < -0.4 is 9.47 Å². The van der Waals surface area contributed by atoms with E-state index < -0.39 is 0 Å². The van der Waals surface area contributed by atoms with E-state index in [-0.39, 0.29) is 0 Å². The smallest absolute Gasteiger partial charge is 0.178 e. The molecule has 242 valence electrons. The highest BCUT2D eigenvalue weighted by Gasteiger charge is 2.26. The molecular formula is C50H30O2. The Balaban J connectivity index is 1.10. The molecule has 52 heavy (non-hydrogen) atoms. The molecule has 0 aliphatic carbocycles. The Bertz CT molecular complexity index is 3010. The maximum absolute atomic E-state index is 6.79. The molecule has 1 aliphatic heterocycles. The lowest BCUT2D eigenvalue weighted by molar-refractivity contribution is 0.367. The van der Waals surface area contributed by atoms with Gasteiger partial charge in [0.1, 0.15) is 0 Å². The summed E-state index contributed by atoms with van der Waals surface area (Å²) < 4.78 is 13.4. The number of ether oxygens (including phenoxy) is 2. The van der Waals surface area contributed by atoms with Crippen LogP contribution in [0, 0.1) is 0 Å². The maximum Gasteiger partial charge on any atom is 0.178 e. The van der Waals surface area contributed by atoms with Gasteiger partial charge in [-0.25, -0.2) is 0 Å². The van der Waals surface area contributed by atoms with Crippen LogP contribution in [0.15, 0.2) is 182 Å². The molecule has 0 aromatic heterocycles. The van der Waals surface area contributed by atoms with Gasteiger partial charge in [0.05, 0.1) is 0 Å². The minimum Gasteiger partial charge on any atom is -0.449 e. The second kappa shape index (κ2) is 11.3. The molecule has 0 radical (unpaired) electrons. The van der Waals surface area contributed by atoms with Crippen molar-refractivity contribution in [3.05, 3.63) is 182 Å². The van der Waals surface area contributed by atoms with Gasteiger partial charge < -0.3 is 9.47 Å². The second-order valence-corrected chi connectivity index (χ2v) is 13.5. The first kappa shape index (κ1) is 28.9. The van der Waals surface area contributed by atoms with Gasteiger partial charge >= 0.3 is 0 Å². The summed E-state index contributed by atoms with van der Waals surface area (Å²) in [4.78, 5) is 0. The Morgan fingerprint density at radius 1 is 0.250 bits per heavy atom. The summed E-state index contributed by atoms with van der Waals surface area (Å²) in [5, 5.41) is 11.8. The van der Waals surface area contributed by atoms with Crippen LogP contribution in [0.2, 0.25) is 0 Å². The Morgan fingerprint density at radius 2 is 0.673 bits per heavy atom. The molecular weight excluding hydrogens is 633 g/mol. The standard InChI is InChI=1S/C50H30O2/c1-2-14-31(15-3-1)47-38-20-8-10-22-40(38)48(41-23-11-9-21-39(41)47)42-28-27-33(34-16-4-5-17-35(34)42)32-26-29-45-46(30-32)52-50-44-25-13-7-19-37(44)36-18-6-12-24-43(36)49(50)51-45/h1-30H. The fourth-order valence-corrected chi connectivity index (χ4v) is 8.44. The molecule has 0 spiro atoms. The summed E-state index contributed by atoms with van der Waals surface area (Å²) in [6.07, 6.45) is 0. The highest BCUT2D eigenvalue weighted by atomic mass is 16.6. The first-order valence-electron chi connectivity index (χ1n) is 17.8. The van der Waals surface area contributed by atoms with Crippen molar-refractivity contribution >= 4 is 53.9 Å². The lowest BCUT2D eigenvalue weighted by atomic mass is 9.84. The van der Waals surface area contributed by atoms with Crippen LogP contribution in [0.1, 0.15) is 0 Å². The first-order valence-corrected chi connectivity index (χ1v) is 17.8. The molecule has 1 aliphatic rings. The molecule has 2 heteroatoms. The van der Waals surface area contributed by atoms with Crippen LogP contribution in [0.5, 0.6) is 23.0 Å². The minimum absolute atomic E-state index is 0.715. The van der Waals surface area contributed by atoms with E-state index in [2.05, 4.69) is 176 Å². The molecule has 11 rings (SSSR count). The molecule has 1 heterocycles. The normalized spacial score (nSPS) is 12.2. The van der Waals surface area contributed by atoms with Gasteiger partial charge in [-0.3, -0.25) is 0 Å². The van der Waals surface area contributed by atoms with E-state index >= 15 is 0 Å². The molecule has 10 aromatic carbocycles. The topological polar surface area (TPSA) is 18.5 Å². The van der Waals surface area contributed by atoms with Crippen LogP contribution in [-0.2, 0) is 0 Å². The van der Waals surface area contributed by atoms with Crippen molar-refractivity contribution in [2.45, 2.75) is 0 Å². The van der Waals surface area contributed by atoms with Gasteiger partial charge in [-0.1, -0.05) is 170 Å². The number of fused-ring (bicyclic) bond motifs is 10. The predicted molar refractivity (Wildman–Crippen MR) is 217 cm³/mol. The van der Waals surface area contributed by atoms with Crippen molar-refractivity contribution in [1.29, 1.82) is 0 Å². The summed E-state index contributed by atoms with van der Waals surface area (Å²) in [6, 6.07) is 65.0. The number of rotatable bonds is 3. The molecule has 0 fully saturated rings. The van der Waals surface area contributed by atoms with Crippen LogP contribution in [-0.4, -0.2) is 0 Å². The highest BCUT2D eigenvalue weighted by molar-refractivity contribution is 6.24. The fourth-order valence-electron chi connectivity index (χ4n) is 8.44. The Kier molecular flexibility index (Phi) is 6.28. The highest BCUT2D eigenvalue weighted by Crippen LogP contribution is 2.54. The van der Waals surface area contributed by atoms with Crippen molar-refractivity contribution in [2.75, 3.05) is 0 Å². The van der Waals surface area contributed by atoms with E-state index in [0.717, 1.165) is 44.2 Å². The monoisotopic (exact) mass is 662 g/mol. The summed E-state index contributed by atoms with van der Waals surface area (Å²) >= 11 is 0. The molecule has 10 aromatic rings. The SMILES string of the molecule is c1ccc(-c2c3ccccc3c(-c3ccc(-c4ccc5c(c4)Oc4c(c6ccccc6c6ccccc46)O5)c4ccccc34)c3ccccc23)cc1. The largest absolute Gasteiger partial charge is 0.449 e. The van der Waals surface area contributed by atoms with E-state index in [4.69, 9.17) is 9.47 Å². The van der Waals surface area contributed by atoms with Crippen molar-refractivity contribution in [3.8, 4) is 56.4 Å². The third kappa shape index (κ3) is 4.25. The Morgan fingerprint density at radius 3 is 1.25 bits per heavy atom. The summed E-state index contributed by atoms with van der Waals surface area (Å²) in [6.45, 7) is 0. The fraction of sp³-hybridized carbons (Fsp3) is 0. The van der Waals surface area contributed by atoms with E-state index in [9.17, 15) is 0 Å². The van der Waals surface area contributed by atoms with Gasteiger partial charge in [-0.2, -0.15) is 0 Å². The summed E-state index contributed by atoms with van der Waals surface area (Å²) in [5.74, 6) is 2.96. The Labute approximate surface area is 300 Å². The molecule has 0 bridgehead atoms. The van der Waals surface area contributed by atoms with Crippen molar-refractivity contribution in [1.82, 2.24) is 0 Å². The van der Waals surface area contributed by atoms with Crippen LogP contribution in [0.25, 0.3) is 87.2 Å². The van der Waals surface area contributed by atoms with Gasteiger partial charge in [0.15, 0.2) is 23.0 Å². The van der Waals surface area contributed by atoms with Gasteiger partial charge in [0.25, 0.3) is 0 Å². The maximum atomic E-state index is 6.79. The van der Waals surface area contributed by atoms with Crippen LogP contribution in [0.4, 0.5) is 0 Å². The van der Waals surface area contributed by atoms with Crippen molar-refractivity contribution in [2.24, 2.45) is 0 Å². The molecule has 0 unspecified atom stereocenters. The van der Waals surface area contributed by atoms with E-state index in [1.165, 1.54) is 54.6 Å². The zero-order valence-corrected chi connectivity index (χ0v) is 28.1. The number of hydrogen-bond donors (Lipinski definition) is 0. The molecule has 0 saturated heterocycles. The third-order valence-corrected chi connectivity index (χ3v) is 10.7. The van der Waals surface area contributed by atoms with Gasteiger partial charge in [0, 0.05) is 10.8 Å². The average Bonchev–Trinajstić information content (AvgIpc) is 3.22. The van der Waals surface area contributed by atoms with Crippen molar-refractivity contribution < 1.29 is 9.47 Å². The van der Waals surface area contributed by atoms with Gasteiger partial charge in [0.2, 0.25) is 0 Å². The summed E-state index contributed by atoms with van der Waals surface area (Å²) in [7, 11) is 0. The molecule has 0 amide bonds. The number of hydrogen-bond acceptors (Lipinski definition) is 2. The number of benzene rings is 10. The van der Waals surface area contributed by atoms with E-state index in [1.54, 1.807) is 0 Å². The van der Waals surface area contributed by atoms with E-state index in [0.29, 0.717) is 11.5 Å². The average molecular weight is 663 g/mol.